The molecule has 5 N–H and O–H groups in total. The number of hydrogen-bond donors (Lipinski definition) is 1. The van der Waals surface area contributed by atoms with Gasteiger partial charge in [-0.15, -0.1) is 0 Å². The maximum absolute atomic E-state index is 12.6. The van der Waals surface area contributed by atoms with Gasteiger partial charge in [0.25, 0.3) is 5.78 Å². The first-order valence-electron chi connectivity index (χ1n) is 7.40. The molecule has 0 saturated heterocycles. The van der Waals surface area contributed by atoms with Gasteiger partial charge in [0.1, 0.15) is 11.3 Å². The monoisotopic (exact) mass is 552 g/mol. The molecular formula is C18H16EuF3NO6. The largest absolute Gasteiger partial charge is 0.506 e. The molecule has 157 valence electrons. The minimum Gasteiger partial charge on any atom is -0.506 e. The summed E-state index contributed by atoms with van der Waals surface area (Å²) in [4.78, 5) is 24.9. The van der Waals surface area contributed by atoms with Crippen molar-refractivity contribution in [1.29, 1.82) is 0 Å². The molecule has 0 bridgehead atoms. The Labute approximate surface area is 202 Å². The fraction of sp³-hybridized carbons (Fsp3) is 0.111. The third-order valence-electron chi connectivity index (χ3n) is 3.88. The summed E-state index contributed by atoms with van der Waals surface area (Å²) in [5.41, 5.74) is -1.71. The Balaban J connectivity index is 0.00000261. The molecule has 0 atom stereocenters. The van der Waals surface area contributed by atoms with Crippen LogP contribution in [0.2, 0.25) is 0 Å². The summed E-state index contributed by atoms with van der Waals surface area (Å²) in [5, 5.41) is 9.85. The van der Waals surface area contributed by atoms with E-state index in [4.69, 9.17) is 4.42 Å². The van der Waals surface area contributed by atoms with Gasteiger partial charge >= 0.3 is 11.8 Å². The van der Waals surface area contributed by atoms with E-state index < -0.39 is 28.9 Å². The van der Waals surface area contributed by atoms with Gasteiger partial charge in [-0.1, -0.05) is 18.2 Å². The second kappa shape index (κ2) is 10.3. The van der Waals surface area contributed by atoms with E-state index in [1.165, 1.54) is 18.2 Å². The molecule has 0 amide bonds. The third kappa shape index (κ3) is 5.43. The van der Waals surface area contributed by atoms with E-state index in [1.807, 2.05) is 30.3 Å². The first kappa shape index (κ1) is 27.2. The smallest absolute Gasteiger partial charge is 0.455 e. The summed E-state index contributed by atoms with van der Waals surface area (Å²) >= 11 is 0. The summed E-state index contributed by atoms with van der Waals surface area (Å²) < 4.78 is 42.7. The predicted octanol–water partition coefficient (Wildman–Crippen LogP) is 2.36. The predicted molar refractivity (Wildman–Crippen MR) is 96.3 cm³/mol. The average molecular weight is 551 g/mol. The van der Waals surface area contributed by atoms with Crippen molar-refractivity contribution < 1.29 is 87.8 Å². The number of carbonyl (C=O) groups is 1. The number of Topliss-reactive ketones (excluding diaryl/α,β-unsaturated/α-hetero) is 1. The summed E-state index contributed by atoms with van der Waals surface area (Å²) in [6.45, 7) is 0. The van der Waals surface area contributed by atoms with E-state index in [1.54, 1.807) is 11.9 Å². The van der Waals surface area contributed by atoms with Crippen LogP contribution in [0.5, 0.6) is 5.75 Å². The van der Waals surface area contributed by atoms with Gasteiger partial charge in [0, 0.05) is 73.9 Å². The van der Waals surface area contributed by atoms with Gasteiger partial charge in [-0.25, -0.2) is 4.79 Å². The van der Waals surface area contributed by atoms with Gasteiger partial charge in [0.15, 0.2) is 5.56 Å². The van der Waals surface area contributed by atoms with Crippen molar-refractivity contribution in [2.45, 2.75) is 6.18 Å². The second-order valence-electron chi connectivity index (χ2n) is 5.52. The van der Waals surface area contributed by atoms with Crippen LogP contribution in [0.3, 0.4) is 0 Å². The zero-order valence-electron chi connectivity index (χ0n) is 14.7. The van der Waals surface area contributed by atoms with Crippen molar-refractivity contribution in [2.75, 3.05) is 11.9 Å². The molecule has 2 aromatic carbocycles. The van der Waals surface area contributed by atoms with Crippen LogP contribution in [0.1, 0.15) is 10.4 Å². The molecule has 7 nitrogen and oxygen atoms in total. The van der Waals surface area contributed by atoms with Crippen molar-refractivity contribution in [3.63, 3.8) is 0 Å². The number of carbonyl (C=O) groups excluding carboxylic acids is 1. The van der Waals surface area contributed by atoms with Crippen LogP contribution in [-0.4, -0.2) is 35.1 Å². The van der Waals surface area contributed by atoms with Gasteiger partial charge in [0.2, 0.25) is 0 Å². The maximum Gasteiger partial charge on any atom is 0.455 e. The van der Waals surface area contributed by atoms with Crippen LogP contribution in [0, 0.1) is 49.4 Å². The SMILES string of the molecule is CN(c1ccccc1)c1ccc2c(O)c(C(=O)C(F)(F)F)c(=O)oc2c1.O.O.[Eu]. The number of halogens is 3. The number of rotatable bonds is 3. The zero-order chi connectivity index (χ0) is 19.1. The summed E-state index contributed by atoms with van der Waals surface area (Å²) in [6, 6.07) is 13.4. The maximum atomic E-state index is 12.6. The summed E-state index contributed by atoms with van der Waals surface area (Å²) in [5.74, 6) is -3.50. The molecule has 0 aliphatic carbocycles. The molecule has 0 spiro atoms. The van der Waals surface area contributed by atoms with Crippen LogP contribution in [-0.2, 0) is 0 Å². The van der Waals surface area contributed by atoms with E-state index in [2.05, 4.69) is 0 Å². The number of benzene rings is 2. The standard InChI is InChI=1S/C18H12F3NO4.Eu.2H2O/c1-22(10-5-3-2-4-6-10)11-7-8-12-13(9-11)26-17(25)14(15(12)23)16(24)18(19,20)21;;;/h2-9,23H,1H3;;2*1H2. The molecule has 1 aromatic heterocycles. The molecule has 0 saturated carbocycles. The summed E-state index contributed by atoms with van der Waals surface area (Å²) in [7, 11) is 1.75. The molecular weight excluding hydrogens is 535 g/mol. The number of hydrogen-bond acceptors (Lipinski definition) is 5. The van der Waals surface area contributed by atoms with Crippen molar-refractivity contribution in [3.8, 4) is 5.75 Å². The van der Waals surface area contributed by atoms with Gasteiger partial charge in [-0.3, -0.25) is 4.79 Å². The van der Waals surface area contributed by atoms with Crippen molar-refractivity contribution in [3.05, 3.63) is 64.5 Å². The van der Waals surface area contributed by atoms with E-state index in [0.717, 1.165) is 5.69 Å². The number of ketones is 1. The van der Waals surface area contributed by atoms with E-state index >= 15 is 0 Å². The number of aromatic hydroxyl groups is 1. The topological polar surface area (TPSA) is 134 Å². The number of alkyl halides is 3. The van der Waals surface area contributed by atoms with Crippen LogP contribution in [0.25, 0.3) is 11.0 Å². The first-order valence-corrected chi connectivity index (χ1v) is 7.40. The van der Waals surface area contributed by atoms with Crippen LogP contribution in [0.4, 0.5) is 24.5 Å². The number of fused-ring (bicyclic) bond motifs is 1. The third-order valence-corrected chi connectivity index (χ3v) is 3.88. The average Bonchev–Trinajstić information content (AvgIpc) is 2.60. The number of para-hydroxylation sites is 1. The van der Waals surface area contributed by atoms with Crippen LogP contribution in [0.15, 0.2) is 57.7 Å². The van der Waals surface area contributed by atoms with E-state index in [9.17, 15) is 27.9 Å². The van der Waals surface area contributed by atoms with Gasteiger partial charge < -0.3 is 25.4 Å². The number of nitrogens with zero attached hydrogens (tertiary/aromatic N) is 1. The Hall–Kier alpha value is -1.79. The van der Waals surface area contributed by atoms with Crippen molar-refractivity contribution >= 4 is 28.1 Å². The molecule has 1 radical (unpaired) electrons. The molecule has 3 aromatic rings. The van der Waals surface area contributed by atoms with Crippen LogP contribution >= 0.6 is 0 Å². The normalized spacial score (nSPS) is 10.3. The Morgan fingerprint density at radius 2 is 1.62 bits per heavy atom. The molecule has 0 unspecified atom stereocenters. The number of anilines is 2. The van der Waals surface area contributed by atoms with Crippen molar-refractivity contribution in [2.24, 2.45) is 0 Å². The van der Waals surface area contributed by atoms with E-state index in [0.29, 0.717) is 5.69 Å². The Kier molecular flexibility index (Phi) is 9.67. The minimum atomic E-state index is -5.30. The molecule has 11 heteroatoms. The molecule has 1 heterocycles. The zero-order valence-corrected chi connectivity index (χ0v) is 17.2. The molecule has 29 heavy (non-hydrogen) atoms. The van der Waals surface area contributed by atoms with Crippen LogP contribution < -0.4 is 10.5 Å². The Bertz CT molecular complexity index is 1050. The van der Waals surface area contributed by atoms with Gasteiger partial charge in [-0.05, 0) is 24.3 Å². The van der Waals surface area contributed by atoms with Crippen molar-refractivity contribution in [1.82, 2.24) is 0 Å². The van der Waals surface area contributed by atoms with Gasteiger partial charge in [-0.2, -0.15) is 13.2 Å². The quantitative estimate of drug-likeness (QED) is 0.394. The Morgan fingerprint density at radius 1 is 1.03 bits per heavy atom. The fourth-order valence-corrected chi connectivity index (χ4v) is 2.52. The molecule has 0 aliphatic rings. The first-order chi connectivity index (χ1) is 12.2. The molecule has 0 aliphatic heterocycles. The second-order valence-corrected chi connectivity index (χ2v) is 5.52. The van der Waals surface area contributed by atoms with E-state index in [-0.39, 0.29) is 71.3 Å². The minimum absolute atomic E-state index is 0. The fourth-order valence-electron chi connectivity index (χ4n) is 2.52. The Morgan fingerprint density at radius 3 is 2.17 bits per heavy atom. The molecule has 0 fully saturated rings. The van der Waals surface area contributed by atoms with Gasteiger partial charge in [0.05, 0.1) is 5.39 Å². The molecule has 3 rings (SSSR count). The summed E-state index contributed by atoms with van der Waals surface area (Å²) in [6.07, 6.45) is -5.30.